The Morgan fingerprint density at radius 3 is 2.58 bits per heavy atom. The summed E-state index contributed by atoms with van der Waals surface area (Å²) in [6.45, 7) is 6.40. The van der Waals surface area contributed by atoms with Gasteiger partial charge in [0, 0.05) is 19.5 Å². The first-order chi connectivity index (χ1) is 9.04. The van der Waals surface area contributed by atoms with Crippen LogP contribution >= 0.6 is 0 Å². The fraction of sp³-hybridized carbons (Fsp3) is 0.533. The third-order valence-electron chi connectivity index (χ3n) is 3.97. The molecular formula is C15H21NO3. The highest BCUT2D eigenvalue weighted by atomic mass is 16.5. The van der Waals surface area contributed by atoms with E-state index in [2.05, 4.69) is 0 Å². The van der Waals surface area contributed by atoms with Crippen molar-refractivity contribution < 1.29 is 14.6 Å². The Morgan fingerprint density at radius 1 is 1.37 bits per heavy atom. The van der Waals surface area contributed by atoms with E-state index in [9.17, 15) is 9.90 Å². The van der Waals surface area contributed by atoms with Crippen molar-refractivity contribution in [3.05, 3.63) is 35.4 Å². The average Bonchev–Trinajstić information content (AvgIpc) is 2.42. The largest absolute Gasteiger partial charge is 0.480 e. The van der Waals surface area contributed by atoms with Gasteiger partial charge >= 0.3 is 5.97 Å². The van der Waals surface area contributed by atoms with E-state index >= 15 is 0 Å². The second kappa shape index (κ2) is 5.72. The SMILES string of the molecule is Cc1ccccc1CC(C)(C(=O)O)N1CCOCC1. The van der Waals surface area contributed by atoms with Crippen LogP contribution in [0.4, 0.5) is 0 Å². The minimum absolute atomic E-state index is 0.523. The van der Waals surface area contributed by atoms with Gasteiger partial charge in [0.25, 0.3) is 0 Å². The molecule has 4 heteroatoms. The van der Waals surface area contributed by atoms with Crippen molar-refractivity contribution in [1.82, 2.24) is 4.90 Å². The molecular weight excluding hydrogens is 242 g/mol. The molecule has 1 saturated heterocycles. The Labute approximate surface area is 114 Å². The zero-order valence-corrected chi connectivity index (χ0v) is 11.6. The summed E-state index contributed by atoms with van der Waals surface area (Å²) in [6.07, 6.45) is 0.523. The molecule has 104 valence electrons. The van der Waals surface area contributed by atoms with E-state index in [0.717, 1.165) is 11.1 Å². The molecule has 0 saturated carbocycles. The summed E-state index contributed by atoms with van der Waals surface area (Å²) in [7, 11) is 0. The quantitative estimate of drug-likeness (QED) is 0.898. The number of nitrogens with zero attached hydrogens (tertiary/aromatic N) is 1. The van der Waals surface area contributed by atoms with Crippen molar-refractivity contribution in [2.45, 2.75) is 25.8 Å². The predicted molar refractivity (Wildman–Crippen MR) is 73.3 cm³/mol. The van der Waals surface area contributed by atoms with E-state index < -0.39 is 11.5 Å². The Hall–Kier alpha value is -1.39. The highest BCUT2D eigenvalue weighted by Crippen LogP contribution is 2.24. The molecule has 1 aliphatic rings. The maximum absolute atomic E-state index is 11.8. The number of carboxylic acids is 1. The number of hydrogen-bond donors (Lipinski definition) is 1. The van der Waals surface area contributed by atoms with E-state index in [1.165, 1.54) is 0 Å². The molecule has 0 aromatic heterocycles. The standard InChI is InChI=1S/C15H21NO3/c1-12-5-3-4-6-13(12)11-15(2,14(17)18)16-7-9-19-10-8-16/h3-6H,7-11H2,1-2H3,(H,17,18). The summed E-state index contributed by atoms with van der Waals surface area (Å²) in [5, 5.41) is 9.65. The second-order valence-electron chi connectivity index (χ2n) is 5.28. The Kier molecular flexibility index (Phi) is 4.22. The maximum Gasteiger partial charge on any atom is 0.324 e. The zero-order chi connectivity index (χ0) is 13.9. The van der Waals surface area contributed by atoms with Gasteiger partial charge in [-0.2, -0.15) is 0 Å². The summed E-state index contributed by atoms with van der Waals surface area (Å²) in [4.78, 5) is 13.8. The van der Waals surface area contributed by atoms with Crippen molar-refractivity contribution in [1.29, 1.82) is 0 Å². The number of ether oxygens (including phenoxy) is 1. The molecule has 1 aliphatic heterocycles. The lowest BCUT2D eigenvalue weighted by Crippen LogP contribution is -2.57. The van der Waals surface area contributed by atoms with Crippen molar-refractivity contribution in [3.63, 3.8) is 0 Å². The van der Waals surface area contributed by atoms with E-state index in [1.807, 2.05) is 43.0 Å². The van der Waals surface area contributed by atoms with Gasteiger partial charge < -0.3 is 9.84 Å². The second-order valence-corrected chi connectivity index (χ2v) is 5.28. The molecule has 4 nitrogen and oxygen atoms in total. The molecule has 1 unspecified atom stereocenters. The van der Waals surface area contributed by atoms with Crippen LogP contribution in [0.1, 0.15) is 18.1 Å². The fourth-order valence-electron chi connectivity index (χ4n) is 2.56. The Morgan fingerprint density at radius 2 is 2.00 bits per heavy atom. The Bertz CT molecular complexity index is 454. The average molecular weight is 263 g/mol. The van der Waals surface area contributed by atoms with Crippen LogP contribution in [-0.2, 0) is 16.0 Å². The van der Waals surface area contributed by atoms with Crippen LogP contribution in [0.25, 0.3) is 0 Å². The van der Waals surface area contributed by atoms with Crippen LogP contribution in [-0.4, -0.2) is 47.8 Å². The molecule has 1 aromatic rings. The molecule has 2 rings (SSSR count). The number of carbonyl (C=O) groups is 1. The highest BCUT2D eigenvalue weighted by Gasteiger charge is 2.40. The topological polar surface area (TPSA) is 49.8 Å². The summed E-state index contributed by atoms with van der Waals surface area (Å²) < 4.78 is 5.31. The molecule has 1 fully saturated rings. The van der Waals surface area contributed by atoms with Crippen LogP contribution < -0.4 is 0 Å². The molecule has 0 aliphatic carbocycles. The molecule has 1 atom stereocenters. The van der Waals surface area contributed by atoms with Crippen molar-refractivity contribution in [2.24, 2.45) is 0 Å². The van der Waals surface area contributed by atoms with Crippen molar-refractivity contribution in [2.75, 3.05) is 26.3 Å². The van der Waals surface area contributed by atoms with Crippen molar-refractivity contribution in [3.8, 4) is 0 Å². The molecule has 1 aromatic carbocycles. The van der Waals surface area contributed by atoms with Gasteiger partial charge in [-0.15, -0.1) is 0 Å². The van der Waals surface area contributed by atoms with Crippen molar-refractivity contribution >= 4 is 5.97 Å². The normalized spacial score (nSPS) is 19.9. The summed E-state index contributed by atoms with van der Waals surface area (Å²) in [6, 6.07) is 7.98. The number of rotatable bonds is 4. The summed E-state index contributed by atoms with van der Waals surface area (Å²) in [5.74, 6) is -0.766. The van der Waals surface area contributed by atoms with Gasteiger partial charge in [0.1, 0.15) is 5.54 Å². The number of aliphatic carboxylic acids is 1. The first-order valence-electron chi connectivity index (χ1n) is 6.65. The lowest BCUT2D eigenvalue weighted by atomic mass is 9.88. The molecule has 1 N–H and O–H groups in total. The highest BCUT2D eigenvalue weighted by molar-refractivity contribution is 5.78. The first-order valence-corrected chi connectivity index (χ1v) is 6.65. The maximum atomic E-state index is 11.8. The number of morpholine rings is 1. The van der Waals surface area contributed by atoms with Gasteiger partial charge in [0.2, 0.25) is 0 Å². The van der Waals surface area contributed by atoms with E-state index in [1.54, 1.807) is 0 Å². The van der Waals surface area contributed by atoms with Crippen LogP contribution in [0, 0.1) is 6.92 Å². The van der Waals surface area contributed by atoms with Crippen LogP contribution in [0.3, 0.4) is 0 Å². The molecule has 0 radical (unpaired) electrons. The minimum atomic E-state index is -0.865. The van der Waals surface area contributed by atoms with Gasteiger partial charge in [-0.3, -0.25) is 9.69 Å². The predicted octanol–water partition coefficient (Wildman–Crippen LogP) is 1.71. The molecule has 0 amide bonds. The number of aryl methyl sites for hydroxylation is 1. The third-order valence-corrected chi connectivity index (χ3v) is 3.97. The lowest BCUT2D eigenvalue weighted by Gasteiger charge is -2.40. The van der Waals surface area contributed by atoms with Gasteiger partial charge in [0.15, 0.2) is 0 Å². The molecule has 1 heterocycles. The number of benzene rings is 1. The van der Waals surface area contributed by atoms with Crippen LogP contribution in [0.5, 0.6) is 0 Å². The molecule has 0 bridgehead atoms. The lowest BCUT2D eigenvalue weighted by molar-refractivity contribution is -0.153. The Balaban J connectivity index is 2.24. The third kappa shape index (κ3) is 2.96. The zero-order valence-electron chi connectivity index (χ0n) is 11.6. The number of carboxylic acid groups (broad SMARTS) is 1. The smallest absolute Gasteiger partial charge is 0.324 e. The van der Waals surface area contributed by atoms with Gasteiger partial charge in [-0.25, -0.2) is 0 Å². The fourth-order valence-corrected chi connectivity index (χ4v) is 2.56. The number of hydrogen-bond acceptors (Lipinski definition) is 3. The van der Waals surface area contributed by atoms with Gasteiger partial charge in [-0.05, 0) is 25.0 Å². The summed E-state index contributed by atoms with van der Waals surface area (Å²) >= 11 is 0. The first kappa shape index (κ1) is 14.0. The van der Waals surface area contributed by atoms with Crippen LogP contribution in [0.2, 0.25) is 0 Å². The monoisotopic (exact) mass is 263 g/mol. The summed E-state index contributed by atoms with van der Waals surface area (Å²) in [5.41, 5.74) is 1.37. The van der Waals surface area contributed by atoms with E-state index in [4.69, 9.17) is 4.74 Å². The molecule has 19 heavy (non-hydrogen) atoms. The van der Waals surface area contributed by atoms with E-state index in [0.29, 0.717) is 32.7 Å². The van der Waals surface area contributed by atoms with Gasteiger partial charge in [0.05, 0.1) is 13.2 Å². The minimum Gasteiger partial charge on any atom is -0.480 e. The van der Waals surface area contributed by atoms with Gasteiger partial charge in [-0.1, -0.05) is 24.3 Å². The van der Waals surface area contributed by atoms with E-state index in [-0.39, 0.29) is 0 Å². The molecule has 0 spiro atoms. The van der Waals surface area contributed by atoms with Crippen LogP contribution in [0.15, 0.2) is 24.3 Å².